The Morgan fingerprint density at radius 1 is 1.11 bits per heavy atom. The Morgan fingerprint density at radius 2 is 1.82 bits per heavy atom. The molecule has 0 atom stereocenters. The number of hydrogen-bond donors (Lipinski definition) is 1. The van der Waals surface area contributed by atoms with E-state index in [1.54, 1.807) is 36.4 Å². The van der Waals surface area contributed by atoms with Gasteiger partial charge in [-0.05, 0) is 42.7 Å². The summed E-state index contributed by atoms with van der Waals surface area (Å²) < 4.78 is 5.40. The molecule has 1 saturated carbocycles. The number of hydrogen-bond acceptors (Lipinski definition) is 4. The van der Waals surface area contributed by atoms with E-state index in [1.807, 2.05) is 12.1 Å². The van der Waals surface area contributed by atoms with Crippen molar-refractivity contribution < 1.29 is 19.1 Å². The molecular formula is C21H19ClN2O4. The van der Waals surface area contributed by atoms with E-state index >= 15 is 0 Å². The van der Waals surface area contributed by atoms with Gasteiger partial charge in [0.05, 0.1) is 16.8 Å². The molecule has 6 nitrogen and oxygen atoms in total. The van der Waals surface area contributed by atoms with Crippen LogP contribution in [0.15, 0.2) is 48.5 Å². The lowest BCUT2D eigenvalue weighted by atomic mass is 9.64. The van der Waals surface area contributed by atoms with Crippen LogP contribution >= 0.6 is 11.6 Å². The standard InChI is InChI=1S/C21H19ClN2O4/c22-15-8-6-14(7-9-15)21(10-3-11-21)20(27)28-13-19(26)24-12-18(25)23-16-4-1-2-5-17(16)24/h1-2,4-9H,3,10-13H2,(H,23,25). The van der Waals surface area contributed by atoms with Gasteiger partial charge in [0.1, 0.15) is 6.54 Å². The number of anilines is 2. The molecule has 2 amide bonds. The number of amides is 2. The lowest BCUT2D eigenvalue weighted by Gasteiger charge is -2.39. The van der Waals surface area contributed by atoms with Crippen LogP contribution in [0, 0.1) is 0 Å². The summed E-state index contributed by atoms with van der Waals surface area (Å²) in [5.41, 5.74) is 1.29. The van der Waals surface area contributed by atoms with Gasteiger partial charge in [0.2, 0.25) is 5.91 Å². The fraction of sp³-hybridized carbons (Fsp3) is 0.286. The van der Waals surface area contributed by atoms with Crippen molar-refractivity contribution in [1.82, 2.24) is 0 Å². The minimum atomic E-state index is -0.720. The second-order valence-corrected chi connectivity index (χ2v) is 7.50. The average Bonchev–Trinajstić information content (AvgIpc) is 2.66. The molecular weight excluding hydrogens is 380 g/mol. The summed E-state index contributed by atoms with van der Waals surface area (Å²) in [6.07, 6.45) is 2.28. The van der Waals surface area contributed by atoms with Gasteiger partial charge in [0.15, 0.2) is 6.61 Å². The predicted molar refractivity (Wildman–Crippen MR) is 105 cm³/mol. The molecule has 2 aliphatic rings. The molecule has 0 saturated heterocycles. The van der Waals surface area contributed by atoms with Crippen molar-refractivity contribution in [3.05, 3.63) is 59.1 Å². The van der Waals surface area contributed by atoms with Crippen molar-refractivity contribution in [3.63, 3.8) is 0 Å². The first kappa shape index (κ1) is 18.5. The number of carbonyl (C=O) groups is 3. The van der Waals surface area contributed by atoms with Crippen molar-refractivity contribution in [2.75, 3.05) is 23.4 Å². The van der Waals surface area contributed by atoms with E-state index in [9.17, 15) is 14.4 Å². The number of carbonyl (C=O) groups excluding carboxylic acids is 3. The Hall–Kier alpha value is -2.86. The van der Waals surface area contributed by atoms with Crippen LogP contribution < -0.4 is 10.2 Å². The summed E-state index contributed by atoms with van der Waals surface area (Å²) in [6.45, 7) is -0.508. The van der Waals surface area contributed by atoms with E-state index in [0.717, 1.165) is 12.0 Å². The van der Waals surface area contributed by atoms with Gasteiger partial charge in [-0.25, -0.2) is 0 Å². The molecule has 1 fully saturated rings. The molecule has 1 N–H and O–H groups in total. The monoisotopic (exact) mass is 398 g/mol. The Balaban J connectivity index is 1.47. The zero-order chi connectivity index (χ0) is 19.7. The van der Waals surface area contributed by atoms with Crippen LogP contribution in [0.1, 0.15) is 24.8 Å². The van der Waals surface area contributed by atoms with Crippen LogP contribution in [0.2, 0.25) is 5.02 Å². The highest BCUT2D eigenvalue weighted by Gasteiger charge is 2.47. The smallest absolute Gasteiger partial charge is 0.317 e. The molecule has 0 unspecified atom stereocenters. The molecule has 0 spiro atoms. The molecule has 1 aliphatic heterocycles. The van der Waals surface area contributed by atoms with Crippen molar-refractivity contribution in [3.8, 4) is 0 Å². The first-order chi connectivity index (χ1) is 13.5. The Morgan fingerprint density at radius 3 is 2.50 bits per heavy atom. The molecule has 28 heavy (non-hydrogen) atoms. The summed E-state index contributed by atoms with van der Waals surface area (Å²) in [4.78, 5) is 38.7. The number of esters is 1. The highest BCUT2D eigenvalue weighted by atomic mass is 35.5. The maximum atomic E-state index is 12.8. The molecule has 0 aromatic heterocycles. The van der Waals surface area contributed by atoms with E-state index in [-0.39, 0.29) is 12.5 Å². The fourth-order valence-electron chi connectivity index (χ4n) is 3.71. The molecule has 0 bridgehead atoms. The maximum absolute atomic E-state index is 12.8. The van der Waals surface area contributed by atoms with E-state index in [4.69, 9.17) is 16.3 Å². The first-order valence-electron chi connectivity index (χ1n) is 9.12. The van der Waals surface area contributed by atoms with Gasteiger partial charge in [-0.2, -0.15) is 0 Å². The van der Waals surface area contributed by atoms with E-state index in [1.165, 1.54) is 4.90 Å². The second kappa shape index (κ2) is 7.28. The third-order valence-corrected chi connectivity index (χ3v) is 5.65. The van der Waals surface area contributed by atoms with E-state index < -0.39 is 23.9 Å². The summed E-state index contributed by atoms with van der Waals surface area (Å²) in [5.74, 6) is -1.12. The minimum Gasteiger partial charge on any atom is -0.455 e. The zero-order valence-electron chi connectivity index (χ0n) is 15.1. The zero-order valence-corrected chi connectivity index (χ0v) is 15.9. The lowest BCUT2D eigenvalue weighted by Crippen LogP contribution is -2.47. The van der Waals surface area contributed by atoms with Crippen molar-refractivity contribution in [2.45, 2.75) is 24.7 Å². The molecule has 144 valence electrons. The largest absolute Gasteiger partial charge is 0.455 e. The first-order valence-corrected chi connectivity index (χ1v) is 9.50. The number of para-hydroxylation sites is 2. The summed E-state index contributed by atoms with van der Waals surface area (Å²) in [7, 11) is 0. The minimum absolute atomic E-state index is 0.101. The van der Waals surface area contributed by atoms with Crippen molar-refractivity contribution >= 4 is 40.8 Å². The molecule has 2 aromatic carbocycles. The SMILES string of the molecule is O=C1CN(C(=O)COC(=O)C2(c3ccc(Cl)cc3)CCC2)c2ccccc2N1. The molecule has 1 heterocycles. The fourth-order valence-corrected chi connectivity index (χ4v) is 3.83. The molecule has 0 radical (unpaired) electrons. The van der Waals surface area contributed by atoms with Crippen molar-refractivity contribution in [2.24, 2.45) is 0 Å². The molecule has 1 aliphatic carbocycles. The quantitative estimate of drug-likeness (QED) is 0.802. The summed E-state index contributed by atoms with van der Waals surface area (Å²) in [6, 6.07) is 14.2. The average molecular weight is 399 g/mol. The van der Waals surface area contributed by atoms with Gasteiger partial charge in [0, 0.05) is 5.02 Å². The van der Waals surface area contributed by atoms with Crippen LogP contribution in [0.5, 0.6) is 0 Å². The van der Waals surface area contributed by atoms with E-state index in [2.05, 4.69) is 5.32 Å². The van der Waals surface area contributed by atoms with Crippen LogP contribution in [0.25, 0.3) is 0 Å². The Kier molecular flexibility index (Phi) is 4.81. The number of fused-ring (bicyclic) bond motifs is 1. The van der Waals surface area contributed by atoms with Gasteiger partial charge < -0.3 is 10.1 Å². The predicted octanol–water partition coefficient (Wildman–Crippen LogP) is 3.29. The number of rotatable bonds is 4. The van der Waals surface area contributed by atoms with E-state index in [0.29, 0.717) is 29.2 Å². The van der Waals surface area contributed by atoms with Gasteiger partial charge in [-0.15, -0.1) is 0 Å². The summed E-state index contributed by atoms with van der Waals surface area (Å²) in [5, 5.41) is 3.33. The molecule has 2 aromatic rings. The van der Waals surface area contributed by atoms with Gasteiger partial charge in [0.25, 0.3) is 5.91 Å². The third kappa shape index (κ3) is 3.24. The Labute approximate surface area is 167 Å². The second-order valence-electron chi connectivity index (χ2n) is 7.06. The van der Waals surface area contributed by atoms with Gasteiger partial charge in [-0.3, -0.25) is 19.3 Å². The number of halogens is 1. The third-order valence-electron chi connectivity index (χ3n) is 5.39. The highest BCUT2D eigenvalue weighted by molar-refractivity contribution is 6.30. The normalized spacial score (nSPS) is 17.2. The number of nitrogens with zero attached hydrogens (tertiary/aromatic N) is 1. The topological polar surface area (TPSA) is 75.7 Å². The Bertz CT molecular complexity index is 938. The number of ether oxygens (including phenoxy) is 1. The molecule has 4 rings (SSSR count). The highest BCUT2D eigenvalue weighted by Crippen LogP contribution is 2.45. The number of nitrogens with one attached hydrogen (secondary N) is 1. The van der Waals surface area contributed by atoms with Crippen molar-refractivity contribution in [1.29, 1.82) is 0 Å². The van der Waals surface area contributed by atoms with Crippen LogP contribution in [0.3, 0.4) is 0 Å². The van der Waals surface area contributed by atoms with Gasteiger partial charge >= 0.3 is 5.97 Å². The van der Waals surface area contributed by atoms with Crippen LogP contribution in [-0.4, -0.2) is 30.9 Å². The molecule has 7 heteroatoms. The van der Waals surface area contributed by atoms with Gasteiger partial charge in [-0.1, -0.05) is 42.3 Å². The van der Waals surface area contributed by atoms with Crippen LogP contribution in [0.4, 0.5) is 11.4 Å². The number of benzene rings is 2. The maximum Gasteiger partial charge on any atom is 0.317 e. The lowest BCUT2D eigenvalue weighted by molar-refractivity contribution is -0.157. The van der Waals surface area contributed by atoms with Crippen LogP contribution in [-0.2, 0) is 24.5 Å². The summed E-state index contributed by atoms with van der Waals surface area (Å²) >= 11 is 5.95.